The first kappa shape index (κ1) is 14.6. The molecular weight excluding hydrogens is 288 g/mol. The second-order valence-electron chi connectivity index (χ2n) is 4.63. The minimum atomic E-state index is -3.56. The predicted octanol–water partition coefficient (Wildman–Crippen LogP) is 0.893. The summed E-state index contributed by atoms with van der Waals surface area (Å²) in [5.74, 6) is 0. The van der Waals surface area contributed by atoms with Gasteiger partial charge in [0.1, 0.15) is 4.90 Å². The van der Waals surface area contributed by atoms with Gasteiger partial charge in [0, 0.05) is 12.6 Å². The first-order valence-electron chi connectivity index (χ1n) is 6.20. The highest BCUT2D eigenvalue weighted by Gasteiger charge is 2.21. The highest BCUT2D eigenvalue weighted by Crippen LogP contribution is 2.12. The van der Waals surface area contributed by atoms with Crippen molar-refractivity contribution in [1.82, 2.24) is 19.6 Å². The number of likely N-dealkylation sites (tertiary alicyclic amines) is 1. The van der Waals surface area contributed by atoms with Gasteiger partial charge < -0.3 is 0 Å². The van der Waals surface area contributed by atoms with Gasteiger partial charge in [-0.3, -0.25) is 4.90 Å². The molecule has 0 aromatic carbocycles. The van der Waals surface area contributed by atoms with Crippen LogP contribution in [0.25, 0.3) is 0 Å². The molecule has 1 unspecified atom stereocenters. The van der Waals surface area contributed by atoms with E-state index in [0.29, 0.717) is 6.54 Å². The number of hydrogen-bond donors (Lipinski definition) is 1. The molecule has 0 spiro atoms. The van der Waals surface area contributed by atoms with Crippen molar-refractivity contribution in [1.29, 1.82) is 0 Å². The van der Waals surface area contributed by atoms with Crippen LogP contribution in [0.15, 0.2) is 17.3 Å². The molecule has 1 aliphatic rings. The number of hydrogen-bond acceptors (Lipinski definition) is 5. The summed E-state index contributed by atoms with van der Waals surface area (Å²) in [5.41, 5.74) is 0. The molecule has 19 heavy (non-hydrogen) atoms. The van der Waals surface area contributed by atoms with E-state index in [-0.39, 0.29) is 16.2 Å². The molecule has 0 bridgehead atoms. The van der Waals surface area contributed by atoms with Gasteiger partial charge in [0.2, 0.25) is 15.3 Å². The molecule has 2 rings (SSSR count). The van der Waals surface area contributed by atoms with E-state index in [1.807, 2.05) is 6.92 Å². The van der Waals surface area contributed by atoms with Crippen molar-refractivity contribution in [2.45, 2.75) is 30.7 Å². The van der Waals surface area contributed by atoms with E-state index in [0.717, 1.165) is 13.1 Å². The van der Waals surface area contributed by atoms with Crippen LogP contribution in [-0.4, -0.2) is 49.0 Å². The summed E-state index contributed by atoms with van der Waals surface area (Å²) in [6, 6.07) is 0.186. The van der Waals surface area contributed by atoms with Crippen molar-refractivity contribution >= 4 is 21.6 Å². The molecule has 0 saturated carbocycles. The summed E-state index contributed by atoms with van der Waals surface area (Å²) in [6.45, 7) is 4.47. The predicted molar refractivity (Wildman–Crippen MR) is 72.5 cm³/mol. The third-order valence-corrected chi connectivity index (χ3v) is 4.81. The third-order valence-electron chi connectivity index (χ3n) is 3.24. The Morgan fingerprint density at radius 2 is 1.95 bits per heavy atom. The smallest absolute Gasteiger partial charge is 0.243 e. The van der Waals surface area contributed by atoms with Gasteiger partial charge in [-0.15, -0.1) is 0 Å². The zero-order chi connectivity index (χ0) is 13.9. The number of nitrogens with zero attached hydrogens (tertiary/aromatic N) is 3. The quantitative estimate of drug-likeness (QED) is 0.818. The summed E-state index contributed by atoms with van der Waals surface area (Å²) >= 11 is 5.53. The summed E-state index contributed by atoms with van der Waals surface area (Å²) in [5, 5.41) is 0.0318. The number of rotatable bonds is 5. The van der Waals surface area contributed by atoms with Crippen LogP contribution in [0, 0.1) is 0 Å². The fraction of sp³-hybridized carbons (Fsp3) is 0.636. The second-order valence-corrected chi connectivity index (χ2v) is 6.74. The van der Waals surface area contributed by atoms with Crippen LogP contribution in [0.5, 0.6) is 0 Å². The molecule has 6 nitrogen and oxygen atoms in total. The second kappa shape index (κ2) is 6.13. The van der Waals surface area contributed by atoms with Gasteiger partial charge in [-0.25, -0.2) is 23.1 Å². The van der Waals surface area contributed by atoms with Crippen LogP contribution in [0.4, 0.5) is 0 Å². The summed E-state index contributed by atoms with van der Waals surface area (Å²) in [4.78, 5) is 9.66. The molecule has 1 aromatic rings. The Morgan fingerprint density at radius 3 is 2.53 bits per heavy atom. The highest BCUT2D eigenvalue weighted by molar-refractivity contribution is 7.89. The Morgan fingerprint density at radius 1 is 1.37 bits per heavy atom. The Bertz CT molecular complexity index is 514. The van der Waals surface area contributed by atoms with E-state index < -0.39 is 10.0 Å². The van der Waals surface area contributed by atoms with Gasteiger partial charge in [-0.2, -0.15) is 0 Å². The molecule has 1 atom stereocenters. The van der Waals surface area contributed by atoms with Crippen LogP contribution in [0.2, 0.25) is 5.28 Å². The Labute approximate surface area is 118 Å². The summed E-state index contributed by atoms with van der Waals surface area (Å²) < 4.78 is 26.6. The van der Waals surface area contributed by atoms with E-state index in [9.17, 15) is 8.42 Å². The minimum absolute atomic E-state index is 0.0318. The first-order chi connectivity index (χ1) is 8.99. The average molecular weight is 305 g/mol. The normalized spacial score (nSPS) is 18.6. The molecule has 8 heteroatoms. The Hall–Kier alpha value is -0.760. The molecule has 0 aliphatic carbocycles. The Kier molecular flexibility index (Phi) is 4.72. The van der Waals surface area contributed by atoms with Gasteiger partial charge in [-0.1, -0.05) is 0 Å². The Balaban J connectivity index is 1.95. The fourth-order valence-corrected chi connectivity index (χ4v) is 3.17. The molecule has 0 radical (unpaired) electrons. The average Bonchev–Trinajstić information content (AvgIpc) is 2.90. The van der Waals surface area contributed by atoms with Crippen LogP contribution in [-0.2, 0) is 10.0 Å². The van der Waals surface area contributed by atoms with Crippen molar-refractivity contribution in [2.75, 3.05) is 19.6 Å². The lowest BCUT2D eigenvalue weighted by Gasteiger charge is -2.23. The standard InChI is InChI=1S/C11H17ClN4O2S/c1-9(16-4-2-3-5-16)6-15-19(17,18)10-7-13-11(12)14-8-10/h7-9,15H,2-6H2,1H3. The van der Waals surface area contributed by atoms with Crippen molar-refractivity contribution in [3.05, 3.63) is 17.7 Å². The van der Waals surface area contributed by atoms with Gasteiger partial charge in [-0.05, 0) is 44.5 Å². The lowest BCUT2D eigenvalue weighted by molar-refractivity contribution is 0.260. The molecule has 106 valence electrons. The van der Waals surface area contributed by atoms with Crippen molar-refractivity contribution in [3.8, 4) is 0 Å². The maximum Gasteiger partial charge on any atom is 0.243 e. The van der Waals surface area contributed by atoms with E-state index >= 15 is 0 Å². The highest BCUT2D eigenvalue weighted by atomic mass is 35.5. The van der Waals surface area contributed by atoms with Gasteiger partial charge in [0.15, 0.2) is 0 Å². The van der Waals surface area contributed by atoms with Crippen molar-refractivity contribution in [2.24, 2.45) is 0 Å². The van der Waals surface area contributed by atoms with Gasteiger partial charge in [0.05, 0.1) is 12.4 Å². The van der Waals surface area contributed by atoms with Crippen LogP contribution in [0.1, 0.15) is 19.8 Å². The lowest BCUT2D eigenvalue weighted by atomic mass is 10.3. The van der Waals surface area contributed by atoms with E-state index in [2.05, 4.69) is 19.6 Å². The van der Waals surface area contributed by atoms with Gasteiger partial charge >= 0.3 is 0 Å². The van der Waals surface area contributed by atoms with Crippen LogP contribution in [0.3, 0.4) is 0 Å². The van der Waals surface area contributed by atoms with E-state index in [4.69, 9.17) is 11.6 Å². The number of nitrogens with one attached hydrogen (secondary N) is 1. The molecule has 2 heterocycles. The third kappa shape index (κ3) is 3.85. The SMILES string of the molecule is CC(CNS(=O)(=O)c1cnc(Cl)nc1)N1CCCC1. The molecule has 1 N–H and O–H groups in total. The maximum absolute atomic E-state index is 12.0. The zero-order valence-corrected chi connectivity index (χ0v) is 12.3. The summed E-state index contributed by atoms with van der Waals surface area (Å²) in [7, 11) is -3.56. The molecule has 1 fully saturated rings. The largest absolute Gasteiger partial charge is 0.299 e. The van der Waals surface area contributed by atoms with Crippen LogP contribution >= 0.6 is 11.6 Å². The first-order valence-corrected chi connectivity index (χ1v) is 8.06. The molecular formula is C11H17ClN4O2S. The monoisotopic (exact) mass is 304 g/mol. The van der Waals surface area contributed by atoms with Crippen molar-refractivity contribution < 1.29 is 8.42 Å². The van der Waals surface area contributed by atoms with Gasteiger partial charge in [0.25, 0.3) is 0 Å². The summed E-state index contributed by atoms with van der Waals surface area (Å²) in [6.07, 6.45) is 4.78. The lowest BCUT2D eigenvalue weighted by Crippen LogP contribution is -2.40. The van der Waals surface area contributed by atoms with E-state index in [1.165, 1.54) is 25.2 Å². The number of sulfonamides is 1. The van der Waals surface area contributed by atoms with Crippen molar-refractivity contribution in [3.63, 3.8) is 0 Å². The number of aromatic nitrogens is 2. The maximum atomic E-state index is 12.0. The zero-order valence-electron chi connectivity index (χ0n) is 10.7. The molecule has 1 aromatic heterocycles. The molecule has 1 saturated heterocycles. The molecule has 1 aliphatic heterocycles. The van der Waals surface area contributed by atoms with Crippen LogP contribution < -0.4 is 4.72 Å². The molecule has 0 amide bonds. The number of halogens is 1. The van der Waals surface area contributed by atoms with E-state index in [1.54, 1.807) is 0 Å². The topological polar surface area (TPSA) is 75.2 Å². The minimum Gasteiger partial charge on any atom is -0.299 e. The fourth-order valence-electron chi connectivity index (χ4n) is 2.06.